The number of amides is 1. The molecule has 36 heavy (non-hydrogen) atoms. The number of H-pyrrole nitrogens is 1. The van der Waals surface area contributed by atoms with Crippen LogP contribution in [0.1, 0.15) is 10.4 Å². The number of nitrogens with one attached hydrogen (secondary N) is 1. The van der Waals surface area contributed by atoms with Crippen molar-refractivity contribution in [3.05, 3.63) is 101 Å². The number of imidazole rings is 1. The molecule has 0 saturated carbocycles. The van der Waals surface area contributed by atoms with E-state index in [1.807, 2.05) is 24.3 Å². The Morgan fingerprint density at radius 1 is 0.917 bits per heavy atom. The summed E-state index contributed by atoms with van der Waals surface area (Å²) in [6, 6.07) is 18.1. The van der Waals surface area contributed by atoms with Crippen molar-refractivity contribution in [2.24, 2.45) is 5.73 Å². The molecule has 0 radical (unpaired) electrons. The second-order valence-corrected chi connectivity index (χ2v) is 10.3. The third kappa shape index (κ3) is 4.12. The Morgan fingerprint density at radius 3 is 2.42 bits per heavy atom. The number of fused-ring (bicyclic) bond motifs is 1. The second-order valence-electron chi connectivity index (χ2n) is 7.95. The van der Waals surface area contributed by atoms with Crippen molar-refractivity contribution >= 4 is 38.4 Å². The lowest BCUT2D eigenvalue weighted by Crippen LogP contribution is -2.13. The quantitative estimate of drug-likeness (QED) is 0.286. The molecule has 0 aliphatic heterocycles. The van der Waals surface area contributed by atoms with Crippen LogP contribution in [0.5, 0.6) is 0 Å². The summed E-state index contributed by atoms with van der Waals surface area (Å²) in [5, 5.41) is 0.371. The van der Waals surface area contributed by atoms with Gasteiger partial charge in [-0.25, -0.2) is 22.2 Å². The maximum Gasteiger partial charge on any atom is 0.249 e. The summed E-state index contributed by atoms with van der Waals surface area (Å²) in [4.78, 5) is 18.9. The molecule has 0 atom stereocenters. The molecule has 5 aromatic rings. The number of hydrogen-bond donors (Lipinski definition) is 2. The van der Waals surface area contributed by atoms with Gasteiger partial charge in [0.05, 0.1) is 21.0 Å². The minimum absolute atomic E-state index is 0.0476. The predicted molar refractivity (Wildman–Crippen MR) is 132 cm³/mol. The lowest BCUT2D eigenvalue weighted by atomic mass is 9.97. The number of carbonyl (C=O) groups excluding carboxylic acids is 1. The number of halogens is 3. The summed E-state index contributed by atoms with van der Waals surface area (Å²) < 4.78 is 54.0. The number of rotatable bonds is 5. The van der Waals surface area contributed by atoms with E-state index in [1.54, 1.807) is 18.2 Å². The number of para-hydroxylation sites is 2. The van der Waals surface area contributed by atoms with Crippen LogP contribution in [0.2, 0.25) is 5.02 Å². The third-order valence-electron chi connectivity index (χ3n) is 5.67. The molecule has 0 unspecified atom stereocenters. The normalized spacial score (nSPS) is 11.6. The molecule has 5 rings (SSSR count). The topological polar surface area (TPSA) is 106 Å². The predicted octanol–water partition coefficient (Wildman–Crippen LogP) is 5.76. The Morgan fingerprint density at radius 2 is 1.69 bits per heavy atom. The zero-order valence-corrected chi connectivity index (χ0v) is 19.9. The van der Waals surface area contributed by atoms with Crippen LogP contribution < -0.4 is 5.73 Å². The van der Waals surface area contributed by atoms with Gasteiger partial charge in [0.15, 0.2) is 0 Å². The number of aromatic amines is 1. The van der Waals surface area contributed by atoms with Crippen molar-refractivity contribution in [2.75, 3.05) is 0 Å². The van der Waals surface area contributed by atoms with Gasteiger partial charge in [0, 0.05) is 17.2 Å². The molecule has 0 fully saturated rings. The van der Waals surface area contributed by atoms with Gasteiger partial charge in [-0.05, 0) is 65.7 Å². The van der Waals surface area contributed by atoms with Gasteiger partial charge < -0.3 is 10.7 Å². The van der Waals surface area contributed by atoms with Crippen molar-refractivity contribution in [2.45, 2.75) is 9.79 Å². The van der Waals surface area contributed by atoms with Gasteiger partial charge in [-0.2, -0.15) is 0 Å². The lowest BCUT2D eigenvalue weighted by Gasteiger charge is -2.13. The maximum atomic E-state index is 14.3. The molecule has 0 aliphatic carbocycles. The number of primary amides is 1. The average Bonchev–Trinajstić information content (AvgIpc) is 3.28. The summed E-state index contributed by atoms with van der Waals surface area (Å²) in [7, 11) is -4.39. The van der Waals surface area contributed by atoms with Crippen LogP contribution in [0, 0.1) is 11.6 Å². The molecular weight excluding hydrogens is 508 g/mol. The van der Waals surface area contributed by atoms with Crippen LogP contribution in [0.15, 0.2) is 88.7 Å². The fourth-order valence-electron chi connectivity index (χ4n) is 3.92. The van der Waals surface area contributed by atoms with Crippen molar-refractivity contribution in [1.29, 1.82) is 0 Å². The minimum atomic E-state index is -4.39. The highest BCUT2D eigenvalue weighted by Crippen LogP contribution is 2.35. The molecule has 4 aromatic carbocycles. The number of nitrogens with zero attached hydrogens (tertiary/aromatic N) is 1. The van der Waals surface area contributed by atoms with E-state index in [0.717, 1.165) is 29.2 Å². The van der Waals surface area contributed by atoms with E-state index in [-0.39, 0.29) is 16.0 Å². The number of aromatic nitrogens is 2. The summed E-state index contributed by atoms with van der Waals surface area (Å²) in [6.45, 7) is 0. The van der Waals surface area contributed by atoms with Crippen LogP contribution in [0.4, 0.5) is 8.78 Å². The largest absolute Gasteiger partial charge is 0.366 e. The molecule has 0 bridgehead atoms. The fourth-order valence-corrected chi connectivity index (χ4v) is 5.46. The van der Waals surface area contributed by atoms with Crippen molar-refractivity contribution in [3.63, 3.8) is 0 Å². The Bertz CT molecular complexity index is 1750. The van der Waals surface area contributed by atoms with Crippen LogP contribution in [-0.4, -0.2) is 24.3 Å². The van der Waals surface area contributed by atoms with Crippen LogP contribution >= 0.6 is 11.6 Å². The SMILES string of the molecule is NC(=O)c1ccc(S(=O)(=O)c2ccc(F)cc2F)cc1-c1ccc(Cl)c(-c2nc3ccccc3[nH]2)c1. The molecule has 1 amide bonds. The highest BCUT2D eigenvalue weighted by atomic mass is 35.5. The lowest BCUT2D eigenvalue weighted by molar-refractivity contribution is 0.100. The standard InChI is InChI=1S/C26H16ClF2N3O3S/c27-20-9-5-14(11-19(20)26-31-22-3-1-2-4-23(22)32-26)18-13-16(7-8-17(18)25(30)33)36(34,35)24-10-6-15(28)12-21(24)29/h1-13H,(H2,30,33)(H,31,32). The zero-order chi connectivity index (χ0) is 25.6. The number of hydrogen-bond acceptors (Lipinski definition) is 4. The van der Waals surface area contributed by atoms with Gasteiger partial charge in [0.25, 0.3) is 0 Å². The third-order valence-corrected chi connectivity index (χ3v) is 7.79. The molecule has 10 heteroatoms. The summed E-state index contributed by atoms with van der Waals surface area (Å²) >= 11 is 6.44. The number of sulfone groups is 1. The monoisotopic (exact) mass is 523 g/mol. The van der Waals surface area contributed by atoms with Crippen LogP contribution in [-0.2, 0) is 9.84 Å². The highest BCUT2D eigenvalue weighted by Gasteiger charge is 2.25. The molecule has 0 aliphatic rings. The van der Waals surface area contributed by atoms with Gasteiger partial charge in [0.1, 0.15) is 22.4 Å². The van der Waals surface area contributed by atoms with Gasteiger partial charge in [0.2, 0.25) is 15.7 Å². The van der Waals surface area contributed by atoms with E-state index < -0.39 is 32.3 Å². The summed E-state index contributed by atoms with van der Waals surface area (Å²) in [5.74, 6) is -2.45. The summed E-state index contributed by atoms with van der Waals surface area (Å²) in [6.07, 6.45) is 0. The smallest absolute Gasteiger partial charge is 0.249 e. The van der Waals surface area contributed by atoms with Crippen LogP contribution in [0.3, 0.4) is 0 Å². The Hall–Kier alpha value is -4.08. The first-order valence-electron chi connectivity index (χ1n) is 10.5. The molecule has 0 spiro atoms. The van der Waals surface area contributed by atoms with E-state index >= 15 is 0 Å². The van der Waals surface area contributed by atoms with E-state index in [4.69, 9.17) is 17.3 Å². The number of nitrogens with two attached hydrogens (primary N) is 1. The molecule has 3 N–H and O–H groups in total. The minimum Gasteiger partial charge on any atom is -0.366 e. The number of benzene rings is 4. The van der Waals surface area contributed by atoms with Crippen molar-refractivity contribution < 1.29 is 22.0 Å². The van der Waals surface area contributed by atoms with E-state index in [1.165, 1.54) is 12.1 Å². The Kier molecular flexibility index (Phi) is 5.82. The molecule has 0 saturated heterocycles. The Balaban J connectivity index is 1.68. The number of carbonyl (C=O) groups is 1. The van der Waals surface area contributed by atoms with E-state index in [0.29, 0.717) is 28.0 Å². The zero-order valence-electron chi connectivity index (χ0n) is 18.3. The molecule has 180 valence electrons. The first-order valence-corrected chi connectivity index (χ1v) is 12.4. The van der Waals surface area contributed by atoms with Gasteiger partial charge in [-0.1, -0.05) is 29.8 Å². The fraction of sp³-hybridized carbons (Fsp3) is 0. The Labute approximate surface area is 209 Å². The highest BCUT2D eigenvalue weighted by molar-refractivity contribution is 7.91. The van der Waals surface area contributed by atoms with Crippen molar-refractivity contribution in [1.82, 2.24) is 9.97 Å². The van der Waals surface area contributed by atoms with Gasteiger partial charge in [-0.3, -0.25) is 4.79 Å². The summed E-state index contributed by atoms with van der Waals surface area (Å²) in [5.41, 5.74) is 8.26. The first-order chi connectivity index (χ1) is 17.1. The van der Waals surface area contributed by atoms with E-state index in [9.17, 15) is 22.0 Å². The van der Waals surface area contributed by atoms with E-state index in [2.05, 4.69) is 9.97 Å². The first kappa shape index (κ1) is 23.7. The molecule has 6 nitrogen and oxygen atoms in total. The van der Waals surface area contributed by atoms with Gasteiger partial charge in [-0.15, -0.1) is 0 Å². The molecule has 1 heterocycles. The van der Waals surface area contributed by atoms with Gasteiger partial charge >= 0.3 is 0 Å². The second kappa shape index (κ2) is 8.85. The molecule has 1 aromatic heterocycles. The average molecular weight is 524 g/mol. The van der Waals surface area contributed by atoms with Crippen LogP contribution in [0.25, 0.3) is 33.5 Å². The maximum absolute atomic E-state index is 14.3. The molecular formula is C26H16ClF2N3O3S. The van der Waals surface area contributed by atoms with Crippen molar-refractivity contribution in [3.8, 4) is 22.5 Å².